The number of nitrogens with zero attached hydrogens (tertiary/aromatic N) is 1. The van der Waals surface area contributed by atoms with E-state index in [9.17, 15) is 4.79 Å². The Morgan fingerprint density at radius 2 is 2.11 bits per heavy atom. The van der Waals surface area contributed by atoms with Gasteiger partial charge >= 0.3 is 5.97 Å². The number of carboxylic acids is 1. The van der Waals surface area contributed by atoms with Crippen molar-refractivity contribution in [1.29, 1.82) is 0 Å². The third-order valence-electron chi connectivity index (χ3n) is 2.96. The Balaban J connectivity index is 2.86. The zero-order chi connectivity index (χ0) is 13.5. The molecule has 0 saturated carbocycles. The molecule has 1 aromatic carbocycles. The zero-order valence-corrected chi connectivity index (χ0v) is 11.7. The highest BCUT2D eigenvalue weighted by Gasteiger charge is 2.12. The summed E-state index contributed by atoms with van der Waals surface area (Å²) in [4.78, 5) is 12.8. The van der Waals surface area contributed by atoms with Gasteiger partial charge in [-0.05, 0) is 31.0 Å². The first-order chi connectivity index (χ1) is 8.56. The number of carbonyl (C=O) groups is 1. The predicted octanol–water partition coefficient (Wildman–Crippen LogP) is 3.73. The minimum absolute atomic E-state index is 0.148. The summed E-state index contributed by atoms with van der Waals surface area (Å²) in [6.07, 6.45) is 2.28. The minimum Gasteiger partial charge on any atom is -0.481 e. The summed E-state index contributed by atoms with van der Waals surface area (Å²) >= 11 is 6.11. The smallest absolute Gasteiger partial charge is 0.305 e. The van der Waals surface area contributed by atoms with Crippen LogP contribution in [0.3, 0.4) is 0 Å². The van der Waals surface area contributed by atoms with Crippen molar-refractivity contribution in [2.24, 2.45) is 0 Å². The summed E-state index contributed by atoms with van der Waals surface area (Å²) in [6.45, 7) is 5.49. The summed E-state index contributed by atoms with van der Waals surface area (Å²) in [7, 11) is 0. The Labute approximate surface area is 113 Å². The van der Waals surface area contributed by atoms with Crippen LogP contribution in [0.2, 0.25) is 5.02 Å². The van der Waals surface area contributed by atoms with E-state index in [4.69, 9.17) is 16.7 Å². The van der Waals surface area contributed by atoms with Crippen molar-refractivity contribution in [3.8, 4) is 0 Å². The van der Waals surface area contributed by atoms with Gasteiger partial charge in [0.1, 0.15) is 0 Å². The molecular weight excluding hydrogens is 250 g/mol. The first-order valence-electron chi connectivity index (χ1n) is 6.28. The summed E-state index contributed by atoms with van der Waals surface area (Å²) in [5.74, 6) is -0.767. The number of hydrogen-bond donors (Lipinski definition) is 1. The molecule has 0 aliphatic carbocycles. The van der Waals surface area contributed by atoms with Crippen molar-refractivity contribution in [3.05, 3.63) is 28.8 Å². The van der Waals surface area contributed by atoms with Crippen molar-refractivity contribution in [1.82, 2.24) is 0 Å². The van der Waals surface area contributed by atoms with Crippen LogP contribution in [0.4, 0.5) is 5.69 Å². The van der Waals surface area contributed by atoms with Crippen LogP contribution in [-0.4, -0.2) is 24.2 Å². The molecule has 4 heteroatoms. The number of aliphatic carboxylic acids is 1. The highest BCUT2D eigenvalue weighted by atomic mass is 35.5. The molecule has 0 aromatic heterocycles. The lowest BCUT2D eigenvalue weighted by Gasteiger charge is -2.26. The number of halogens is 1. The van der Waals surface area contributed by atoms with Gasteiger partial charge in [0.25, 0.3) is 0 Å². The second-order valence-corrected chi connectivity index (χ2v) is 4.78. The average molecular weight is 270 g/mol. The molecule has 100 valence electrons. The Morgan fingerprint density at radius 3 is 2.72 bits per heavy atom. The molecule has 0 saturated heterocycles. The van der Waals surface area contributed by atoms with Gasteiger partial charge in [0.15, 0.2) is 0 Å². The summed E-state index contributed by atoms with van der Waals surface area (Å²) in [5, 5.41) is 9.53. The van der Waals surface area contributed by atoms with Crippen LogP contribution in [0.15, 0.2) is 18.2 Å². The van der Waals surface area contributed by atoms with Crippen LogP contribution in [0, 0.1) is 6.92 Å². The minimum atomic E-state index is -0.767. The molecular formula is C14H20ClNO2. The van der Waals surface area contributed by atoms with E-state index in [0.717, 1.165) is 35.7 Å². The fourth-order valence-corrected chi connectivity index (χ4v) is 2.04. The van der Waals surface area contributed by atoms with Gasteiger partial charge in [0, 0.05) is 23.8 Å². The SMILES string of the molecule is CCCCN(CCC(=O)O)c1cccc(Cl)c1C. The van der Waals surface area contributed by atoms with Crippen LogP contribution < -0.4 is 4.90 Å². The molecule has 3 nitrogen and oxygen atoms in total. The fraction of sp³-hybridized carbons (Fsp3) is 0.500. The Kier molecular flexibility index (Phi) is 5.99. The Bertz CT molecular complexity index is 407. The summed E-state index contributed by atoms with van der Waals surface area (Å²) in [6, 6.07) is 5.76. The number of rotatable bonds is 7. The van der Waals surface area contributed by atoms with Gasteiger partial charge in [0.2, 0.25) is 0 Å². The maximum absolute atomic E-state index is 10.7. The first kappa shape index (κ1) is 14.8. The third-order valence-corrected chi connectivity index (χ3v) is 3.37. The molecule has 0 aliphatic rings. The second-order valence-electron chi connectivity index (χ2n) is 4.37. The highest BCUT2D eigenvalue weighted by molar-refractivity contribution is 6.31. The van der Waals surface area contributed by atoms with E-state index < -0.39 is 5.97 Å². The molecule has 0 spiro atoms. The summed E-state index contributed by atoms with van der Waals surface area (Å²) < 4.78 is 0. The van der Waals surface area contributed by atoms with Crippen molar-refractivity contribution in [2.45, 2.75) is 33.1 Å². The van der Waals surface area contributed by atoms with Gasteiger partial charge in [-0.15, -0.1) is 0 Å². The predicted molar refractivity (Wildman–Crippen MR) is 75.6 cm³/mol. The van der Waals surface area contributed by atoms with Crippen LogP contribution >= 0.6 is 11.6 Å². The number of unbranched alkanes of at least 4 members (excludes halogenated alkanes) is 1. The molecule has 18 heavy (non-hydrogen) atoms. The average Bonchev–Trinajstić information content (AvgIpc) is 2.33. The lowest BCUT2D eigenvalue weighted by Crippen LogP contribution is -2.28. The van der Waals surface area contributed by atoms with Gasteiger partial charge in [-0.25, -0.2) is 0 Å². The molecule has 0 fully saturated rings. The first-order valence-corrected chi connectivity index (χ1v) is 6.66. The van der Waals surface area contributed by atoms with Crippen LogP contribution in [-0.2, 0) is 4.79 Å². The molecule has 1 aromatic rings. The highest BCUT2D eigenvalue weighted by Crippen LogP contribution is 2.26. The molecule has 0 heterocycles. The van der Waals surface area contributed by atoms with Gasteiger partial charge in [-0.2, -0.15) is 0 Å². The number of benzene rings is 1. The van der Waals surface area contributed by atoms with Gasteiger partial charge < -0.3 is 10.0 Å². The maximum atomic E-state index is 10.7. The second kappa shape index (κ2) is 7.27. The molecule has 0 unspecified atom stereocenters. The van der Waals surface area contributed by atoms with E-state index in [1.54, 1.807) is 0 Å². The molecule has 0 bridgehead atoms. The standard InChI is InChI=1S/C14H20ClNO2/c1-3-4-9-16(10-8-14(17)18)13-7-5-6-12(15)11(13)2/h5-7H,3-4,8-10H2,1-2H3,(H,17,18). The monoisotopic (exact) mass is 269 g/mol. The van der Waals surface area contributed by atoms with Crippen molar-refractivity contribution >= 4 is 23.3 Å². The van der Waals surface area contributed by atoms with Gasteiger partial charge in [-0.3, -0.25) is 4.79 Å². The number of carboxylic acid groups (broad SMARTS) is 1. The van der Waals surface area contributed by atoms with E-state index in [1.807, 2.05) is 25.1 Å². The van der Waals surface area contributed by atoms with Crippen molar-refractivity contribution in [3.63, 3.8) is 0 Å². The lowest BCUT2D eigenvalue weighted by atomic mass is 10.1. The van der Waals surface area contributed by atoms with E-state index >= 15 is 0 Å². The van der Waals surface area contributed by atoms with E-state index in [0.29, 0.717) is 6.54 Å². The lowest BCUT2D eigenvalue weighted by molar-refractivity contribution is -0.136. The number of anilines is 1. The van der Waals surface area contributed by atoms with Crippen molar-refractivity contribution in [2.75, 3.05) is 18.0 Å². The molecule has 0 radical (unpaired) electrons. The van der Waals surface area contributed by atoms with E-state index in [-0.39, 0.29) is 6.42 Å². The fourth-order valence-electron chi connectivity index (χ4n) is 1.87. The van der Waals surface area contributed by atoms with E-state index in [2.05, 4.69) is 11.8 Å². The maximum Gasteiger partial charge on any atom is 0.305 e. The van der Waals surface area contributed by atoms with Gasteiger partial charge in [0.05, 0.1) is 6.42 Å². The van der Waals surface area contributed by atoms with E-state index in [1.165, 1.54) is 0 Å². The van der Waals surface area contributed by atoms with Crippen molar-refractivity contribution < 1.29 is 9.90 Å². The van der Waals surface area contributed by atoms with Gasteiger partial charge in [-0.1, -0.05) is 31.0 Å². The zero-order valence-electron chi connectivity index (χ0n) is 10.9. The largest absolute Gasteiger partial charge is 0.481 e. The molecule has 0 aliphatic heterocycles. The van der Waals surface area contributed by atoms with Crippen LogP contribution in [0.25, 0.3) is 0 Å². The quantitative estimate of drug-likeness (QED) is 0.820. The normalized spacial score (nSPS) is 10.4. The Morgan fingerprint density at radius 1 is 1.39 bits per heavy atom. The molecule has 0 amide bonds. The summed E-state index contributed by atoms with van der Waals surface area (Å²) in [5.41, 5.74) is 2.05. The number of hydrogen-bond acceptors (Lipinski definition) is 2. The Hall–Kier alpha value is -1.22. The molecule has 1 N–H and O–H groups in total. The van der Waals surface area contributed by atoms with Crippen LogP contribution in [0.5, 0.6) is 0 Å². The topological polar surface area (TPSA) is 40.5 Å². The molecule has 1 rings (SSSR count). The molecule has 0 atom stereocenters. The third kappa shape index (κ3) is 4.22. The van der Waals surface area contributed by atoms with Crippen LogP contribution in [0.1, 0.15) is 31.7 Å².